The molecule has 3 aromatic rings. The van der Waals surface area contributed by atoms with Gasteiger partial charge in [0.15, 0.2) is 0 Å². The van der Waals surface area contributed by atoms with E-state index in [-0.39, 0.29) is 11.4 Å². The minimum Gasteiger partial charge on any atom is -0.492 e. The van der Waals surface area contributed by atoms with Crippen molar-refractivity contribution in [2.75, 3.05) is 31.2 Å². The summed E-state index contributed by atoms with van der Waals surface area (Å²) in [6, 6.07) is 14.8. The van der Waals surface area contributed by atoms with Crippen molar-refractivity contribution in [1.82, 2.24) is 14.9 Å². The monoisotopic (exact) mass is 419 g/mol. The molecule has 1 aromatic heterocycles. The summed E-state index contributed by atoms with van der Waals surface area (Å²) in [6.45, 7) is 10.6. The summed E-state index contributed by atoms with van der Waals surface area (Å²) >= 11 is 0. The highest BCUT2D eigenvalue weighted by Gasteiger charge is 2.21. The first-order valence-electron chi connectivity index (χ1n) is 11.1. The molecule has 0 bridgehead atoms. The summed E-state index contributed by atoms with van der Waals surface area (Å²) in [4.78, 5) is 10.9. The van der Waals surface area contributed by atoms with Crippen LogP contribution in [-0.4, -0.2) is 34.6 Å². The predicted octanol–water partition coefficient (Wildman–Crippen LogP) is 4.38. The molecule has 31 heavy (non-hydrogen) atoms. The molecule has 0 atom stereocenters. The maximum Gasteiger partial charge on any atom is 0.222 e. The Morgan fingerprint density at radius 1 is 1.00 bits per heavy atom. The predicted molar refractivity (Wildman–Crippen MR) is 127 cm³/mol. The Hall–Kier alpha value is -2.86. The number of nitrogens with zero attached hydrogens (tertiary/aromatic N) is 3. The Kier molecular flexibility index (Phi) is 6.01. The van der Waals surface area contributed by atoms with Gasteiger partial charge in [0.1, 0.15) is 11.6 Å². The van der Waals surface area contributed by atoms with Crippen molar-refractivity contribution >= 4 is 22.7 Å². The van der Waals surface area contributed by atoms with Crippen LogP contribution >= 0.6 is 0 Å². The Morgan fingerprint density at radius 2 is 1.71 bits per heavy atom. The molecule has 0 saturated carbocycles. The van der Waals surface area contributed by atoms with E-state index in [1.807, 2.05) is 18.2 Å². The van der Waals surface area contributed by atoms with Crippen LogP contribution in [0.1, 0.15) is 44.7 Å². The maximum absolute atomic E-state index is 6.16. The molecule has 4 N–H and O–H groups in total. The largest absolute Gasteiger partial charge is 0.492 e. The van der Waals surface area contributed by atoms with Gasteiger partial charge in [-0.1, -0.05) is 51.1 Å². The molecular weight excluding hydrogens is 386 g/mol. The molecule has 1 aliphatic heterocycles. The van der Waals surface area contributed by atoms with Gasteiger partial charge in [0.05, 0.1) is 17.5 Å². The SMILES string of the molecule is CC(C)(C)c1ccc(CN2CCC(COc3cccc4nc(N)nc(N)c34)CC2)cc1. The molecule has 1 fully saturated rings. The van der Waals surface area contributed by atoms with E-state index in [4.69, 9.17) is 16.2 Å². The van der Waals surface area contributed by atoms with Crippen LogP contribution in [0.3, 0.4) is 0 Å². The number of piperidine rings is 1. The van der Waals surface area contributed by atoms with E-state index in [1.54, 1.807) is 0 Å². The van der Waals surface area contributed by atoms with Crippen molar-refractivity contribution in [2.45, 2.75) is 45.6 Å². The minimum atomic E-state index is 0.183. The van der Waals surface area contributed by atoms with Gasteiger partial charge in [0.2, 0.25) is 5.95 Å². The molecule has 164 valence electrons. The van der Waals surface area contributed by atoms with E-state index >= 15 is 0 Å². The van der Waals surface area contributed by atoms with Gasteiger partial charge in [-0.3, -0.25) is 4.90 Å². The van der Waals surface area contributed by atoms with Crippen molar-refractivity contribution in [1.29, 1.82) is 0 Å². The number of anilines is 2. The summed E-state index contributed by atoms with van der Waals surface area (Å²) in [5.41, 5.74) is 15.5. The standard InChI is InChI=1S/C25H33N5O/c1-25(2,3)19-9-7-17(8-10-19)15-30-13-11-18(12-14-30)16-31-21-6-4-5-20-22(21)23(26)29-24(27)28-20/h4-10,18H,11-16H2,1-3H3,(H4,26,27,28,29). The lowest BCUT2D eigenvalue weighted by Crippen LogP contribution is -2.35. The van der Waals surface area contributed by atoms with Crippen molar-refractivity contribution in [3.63, 3.8) is 0 Å². The number of aromatic nitrogens is 2. The topological polar surface area (TPSA) is 90.3 Å². The van der Waals surface area contributed by atoms with Crippen LogP contribution in [0, 0.1) is 5.92 Å². The number of fused-ring (bicyclic) bond motifs is 1. The molecule has 2 heterocycles. The quantitative estimate of drug-likeness (QED) is 0.638. The molecule has 6 nitrogen and oxygen atoms in total. The number of nitrogen functional groups attached to an aromatic ring is 2. The second kappa shape index (κ2) is 8.71. The van der Waals surface area contributed by atoms with Crippen LogP contribution in [0.5, 0.6) is 5.75 Å². The lowest BCUT2D eigenvalue weighted by Gasteiger charge is -2.32. The summed E-state index contributed by atoms with van der Waals surface area (Å²) in [6.07, 6.45) is 2.26. The van der Waals surface area contributed by atoms with Crippen LogP contribution in [0.2, 0.25) is 0 Å². The number of rotatable bonds is 5. The fourth-order valence-electron chi connectivity index (χ4n) is 4.21. The number of hydrogen-bond donors (Lipinski definition) is 2. The van der Waals surface area contributed by atoms with Gasteiger partial charge in [-0.15, -0.1) is 0 Å². The normalized spacial score (nSPS) is 16.0. The first kappa shape index (κ1) is 21.4. The summed E-state index contributed by atoms with van der Waals surface area (Å²) in [5, 5.41) is 0.743. The van der Waals surface area contributed by atoms with Gasteiger partial charge in [0, 0.05) is 6.54 Å². The fourth-order valence-corrected chi connectivity index (χ4v) is 4.21. The van der Waals surface area contributed by atoms with Gasteiger partial charge in [-0.25, -0.2) is 4.98 Å². The Morgan fingerprint density at radius 3 is 2.39 bits per heavy atom. The highest BCUT2D eigenvalue weighted by molar-refractivity contribution is 5.94. The number of ether oxygens (including phenoxy) is 1. The van der Waals surface area contributed by atoms with Crippen molar-refractivity contribution in [2.24, 2.45) is 5.92 Å². The molecule has 2 aromatic carbocycles. The highest BCUT2D eigenvalue weighted by Crippen LogP contribution is 2.30. The van der Waals surface area contributed by atoms with Gasteiger partial charge >= 0.3 is 0 Å². The molecule has 0 amide bonds. The van der Waals surface area contributed by atoms with E-state index in [9.17, 15) is 0 Å². The van der Waals surface area contributed by atoms with Crippen molar-refractivity contribution in [3.05, 3.63) is 53.6 Å². The first-order valence-corrected chi connectivity index (χ1v) is 11.1. The summed E-state index contributed by atoms with van der Waals surface area (Å²) < 4.78 is 6.16. The molecule has 0 spiro atoms. The lowest BCUT2D eigenvalue weighted by molar-refractivity contribution is 0.137. The van der Waals surface area contributed by atoms with E-state index in [2.05, 4.69) is 59.9 Å². The van der Waals surface area contributed by atoms with Gasteiger partial charge in [-0.05, 0) is 60.5 Å². The second-order valence-corrected chi connectivity index (χ2v) is 9.59. The Bertz CT molecular complexity index is 1030. The molecular formula is C25H33N5O. The molecule has 0 unspecified atom stereocenters. The van der Waals surface area contributed by atoms with Gasteiger partial charge in [-0.2, -0.15) is 4.98 Å². The van der Waals surface area contributed by atoms with Gasteiger partial charge in [0.25, 0.3) is 0 Å². The zero-order chi connectivity index (χ0) is 22.0. The third-order valence-corrected chi connectivity index (χ3v) is 6.14. The zero-order valence-corrected chi connectivity index (χ0v) is 18.8. The molecule has 1 saturated heterocycles. The fraction of sp³-hybridized carbons (Fsp3) is 0.440. The third-order valence-electron chi connectivity index (χ3n) is 6.14. The number of nitrogens with two attached hydrogens (primary N) is 2. The Labute approximate surface area is 184 Å². The van der Waals surface area contributed by atoms with Crippen LogP contribution < -0.4 is 16.2 Å². The van der Waals surface area contributed by atoms with E-state index < -0.39 is 0 Å². The van der Waals surface area contributed by atoms with E-state index in [0.29, 0.717) is 18.3 Å². The minimum absolute atomic E-state index is 0.183. The third kappa shape index (κ3) is 5.07. The number of likely N-dealkylation sites (tertiary alicyclic amines) is 1. The summed E-state index contributed by atoms with van der Waals surface area (Å²) in [5.74, 6) is 1.81. The van der Waals surface area contributed by atoms with Crippen molar-refractivity contribution < 1.29 is 4.74 Å². The van der Waals surface area contributed by atoms with Crippen molar-refractivity contribution in [3.8, 4) is 5.75 Å². The molecule has 1 aliphatic rings. The highest BCUT2D eigenvalue weighted by atomic mass is 16.5. The van der Waals surface area contributed by atoms with Gasteiger partial charge < -0.3 is 16.2 Å². The average Bonchev–Trinajstić information content (AvgIpc) is 2.72. The van der Waals surface area contributed by atoms with E-state index in [0.717, 1.165) is 49.1 Å². The smallest absolute Gasteiger partial charge is 0.222 e. The number of benzene rings is 2. The maximum atomic E-state index is 6.16. The zero-order valence-electron chi connectivity index (χ0n) is 18.8. The summed E-state index contributed by atoms with van der Waals surface area (Å²) in [7, 11) is 0. The Balaban J connectivity index is 1.31. The molecule has 4 rings (SSSR count). The van der Waals surface area contributed by atoms with Crippen LogP contribution in [0.15, 0.2) is 42.5 Å². The lowest BCUT2D eigenvalue weighted by atomic mass is 9.86. The second-order valence-electron chi connectivity index (χ2n) is 9.59. The van der Waals surface area contributed by atoms with E-state index in [1.165, 1.54) is 11.1 Å². The molecule has 6 heteroatoms. The molecule has 0 aliphatic carbocycles. The van der Waals surface area contributed by atoms with Crippen LogP contribution in [-0.2, 0) is 12.0 Å². The average molecular weight is 420 g/mol. The molecule has 0 radical (unpaired) electrons. The van der Waals surface area contributed by atoms with Crippen LogP contribution in [0.4, 0.5) is 11.8 Å². The number of hydrogen-bond acceptors (Lipinski definition) is 6. The first-order chi connectivity index (χ1) is 14.8. The van der Waals surface area contributed by atoms with Crippen LogP contribution in [0.25, 0.3) is 10.9 Å².